The van der Waals surface area contributed by atoms with Crippen molar-refractivity contribution in [2.75, 3.05) is 18.4 Å². The molecule has 0 spiro atoms. The standard InChI is InChI=1S/C24H24F3N5O2/c1-2-3-11-32(23(34)30-19-7-5-4-6-18(19)24(25,26)27)14-13-31-12-9-20(33)17-15-29-22-16(21(17)31)8-10-28-22/h4-10,12,15H,2-3,11,13-14H2,1H3,(H,28,29)(H,30,34)/p+1. The van der Waals surface area contributed by atoms with Crippen LogP contribution >= 0.6 is 0 Å². The molecule has 0 bridgehead atoms. The first-order valence-corrected chi connectivity index (χ1v) is 11.0. The second-order valence-corrected chi connectivity index (χ2v) is 8.00. The van der Waals surface area contributed by atoms with Gasteiger partial charge in [0.15, 0.2) is 5.43 Å². The zero-order valence-electron chi connectivity index (χ0n) is 18.6. The van der Waals surface area contributed by atoms with Crippen molar-refractivity contribution in [3.8, 4) is 0 Å². The molecule has 10 heteroatoms. The number of para-hydroxylation sites is 1. The normalized spacial score (nSPS) is 11.8. The summed E-state index contributed by atoms with van der Waals surface area (Å²) in [5, 5.41) is 3.78. The summed E-state index contributed by atoms with van der Waals surface area (Å²) in [6, 6.07) is 7.64. The second-order valence-electron chi connectivity index (χ2n) is 8.00. The summed E-state index contributed by atoms with van der Waals surface area (Å²) in [6.07, 6.45) is 2.03. The number of rotatable bonds is 7. The van der Waals surface area contributed by atoms with E-state index in [1.807, 2.05) is 17.6 Å². The van der Waals surface area contributed by atoms with Crippen LogP contribution in [0.4, 0.5) is 23.7 Å². The quantitative estimate of drug-likeness (QED) is 0.410. The number of nitrogens with zero attached hydrogens (tertiary/aromatic N) is 2. The van der Waals surface area contributed by atoms with Gasteiger partial charge in [0.2, 0.25) is 0 Å². The summed E-state index contributed by atoms with van der Waals surface area (Å²) in [6.45, 7) is 2.98. The van der Waals surface area contributed by atoms with E-state index in [4.69, 9.17) is 0 Å². The number of unbranched alkanes of at least 4 members (excludes halogenated alkanes) is 1. The number of pyridine rings is 2. The van der Waals surface area contributed by atoms with Crippen molar-refractivity contribution >= 4 is 33.7 Å². The smallest absolute Gasteiger partial charge is 0.345 e. The number of fused-ring (bicyclic) bond motifs is 3. The number of halogens is 3. The van der Waals surface area contributed by atoms with Crippen molar-refractivity contribution in [1.82, 2.24) is 14.5 Å². The molecule has 4 rings (SSSR count). The van der Waals surface area contributed by atoms with E-state index in [2.05, 4.69) is 15.3 Å². The van der Waals surface area contributed by atoms with E-state index >= 15 is 0 Å². The van der Waals surface area contributed by atoms with Crippen LogP contribution in [-0.2, 0) is 12.7 Å². The summed E-state index contributed by atoms with van der Waals surface area (Å²) in [4.78, 5) is 33.0. The van der Waals surface area contributed by atoms with Crippen molar-refractivity contribution in [3.63, 3.8) is 0 Å². The van der Waals surface area contributed by atoms with Crippen LogP contribution in [0.15, 0.2) is 59.8 Å². The highest BCUT2D eigenvalue weighted by Gasteiger charge is 2.34. The molecule has 3 N–H and O–H groups in total. The topological polar surface area (TPSA) is 84.3 Å². The van der Waals surface area contributed by atoms with Crippen LogP contribution in [0.5, 0.6) is 0 Å². The molecule has 1 aromatic carbocycles. The maximum atomic E-state index is 13.4. The Morgan fingerprint density at radius 1 is 1.15 bits per heavy atom. The van der Waals surface area contributed by atoms with Crippen LogP contribution in [0, 0.1) is 0 Å². The summed E-state index contributed by atoms with van der Waals surface area (Å²) in [5.74, 6) is 0. The molecule has 3 aromatic heterocycles. The number of hydrogen-bond acceptors (Lipinski definition) is 2. The molecule has 0 aliphatic rings. The lowest BCUT2D eigenvalue weighted by atomic mass is 10.1. The van der Waals surface area contributed by atoms with E-state index < -0.39 is 17.8 Å². The van der Waals surface area contributed by atoms with Crippen LogP contribution in [0.3, 0.4) is 0 Å². The van der Waals surface area contributed by atoms with Gasteiger partial charge in [0.25, 0.3) is 5.65 Å². The fourth-order valence-electron chi connectivity index (χ4n) is 3.98. The van der Waals surface area contributed by atoms with E-state index in [1.54, 1.807) is 18.6 Å². The van der Waals surface area contributed by atoms with Gasteiger partial charge in [0, 0.05) is 31.9 Å². The Balaban J connectivity index is 1.60. The Labute approximate surface area is 193 Å². The fourth-order valence-corrected chi connectivity index (χ4v) is 3.98. The first kappa shape index (κ1) is 23.3. The number of aromatic amines is 2. The van der Waals surface area contributed by atoms with Gasteiger partial charge in [-0.15, -0.1) is 0 Å². The van der Waals surface area contributed by atoms with Gasteiger partial charge in [-0.2, -0.15) is 13.2 Å². The van der Waals surface area contributed by atoms with Crippen molar-refractivity contribution in [3.05, 3.63) is 70.8 Å². The van der Waals surface area contributed by atoms with Gasteiger partial charge in [-0.25, -0.2) is 14.8 Å². The number of amides is 2. The molecule has 34 heavy (non-hydrogen) atoms. The Hall–Kier alpha value is -3.82. The van der Waals surface area contributed by atoms with Crippen molar-refractivity contribution in [2.24, 2.45) is 0 Å². The second kappa shape index (κ2) is 9.58. The van der Waals surface area contributed by atoms with E-state index in [0.29, 0.717) is 24.9 Å². The van der Waals surface area contributed by atoms with E-state index in [-0.39, 0.29) is 17.7 Å². The van der Waals surface area contributed by atoms with Gasteiger partial charge < -0.3 is 14.8 Å². The van der Waals surface area contributed by atoms with Gasteiger partial charge in [-0.1, -0.05) is 25.5 Å². The number of aromatic nitrogens is 3. The number of H-pyrrole nitrogens is 2. The highest BCUT2D eigenvalue weighted by Crippen LogP contribution is 2.34. The van der Waals surface area contributed by atoms with Crippen LogP contribution in [0.1, 0.15) is 25.3 Å². The molecule has 3 heterocycles. The summed E-state index contributed by atoms with van der Waals surface area (Å²) >= 11 is 0. The molecule has 0 saturated carbocycles. The number of hydrogen-bond donors (Lipinski definition) is 2. The lowest BCUT2D eigenvalue weighted by Crippen LogP contribution is -2.38. The molecule has 0 radical (unpaired) electrons. The minimum Gasteiger partial charge on any atom is -0.345 e. The number of benzene rings is 1. The maximum Gasteiger partial charge on any atom is 0.418 e. The number of alkyl halides is 3. The minimum atomic E-state index is -4.58. The van der Waals surface area contributed by atoms with Crippen LogP contribution in [-0.4, -0.2) is 33.6 Å². The molecule has 4 aromatic rings. The molecule has 0 fully saturated rings. The summed E-state index contributed by atoms with van der Waals surface area (Å²) in [5.41, 5.74) is 0.183. The fraction of sp³-hybridized carbons (Fsp3) is 0.292. The van der Waals surface area contributed by atoms with Gasteiger partial charge in [-0.05, 0) is 24.6 Å². The maximum absolute atomic E-state index is 13.4. The van der Waals surface area contributed by atoms with Crippen molar-refractivity contribution < 1.29 is 22.9 Å². The largest absolute Gasteiger partial charge is 0.418 e. The predicted octanol–water partition coefficient (Wildman–Crippen LogP) is 4.65. The van der Waals surface area contributed by atoms with Crippen molar-refractivity contribution in [2.45, 2.75) is 32.5 Å². The SMILES string of the molecule is CCCCN(CCn1ccc(=O)c2c[nH+]c3[nH]ccc3c21)C(=O)Nc1ccccc1C(F)(F)F. The van der Waals surface area contributed by atoms with Gasteiger partial charge in [0.1, 0.15) is 6.20 Å². The first-order valence-electron chi connectivity index (χ1n) is 11.0. The van der Waals surface area contributed by atoms with E-state index in [9.17, 15) is 22.8 Å². The summed E-state index contributed by atoms with van der Waals surface area (Å²) in [7, 11) is 0. The minimum absolute atomic E-state index is 0.130. The highest BCUT2D eigenvalue weighted by atomic mass is 19.4. The third-order valence-electron chi connectivity index (χ3n) is 5.73. The predicted molar refractivity (Wildman–Crippen MR) is 124 cm³/mol. The molecule has 0 unspecified atom stereocenters. The molecule has 178 valence electrons. The number of nitrogens with one attached hydrogen (secondary N) is 3. The average Bonchev–Trinajstić information content (AvgIpc) is 3.29. The molecule has 0 aliphatic heterocycles. The Morgan fingerprint density at radius 2 is 1.94 bits per heavy atom. The van der Waals surface area contributed by atoms with Gasteiger partial charge in [-0.3, -0.25) is 4.79 Å². The molecule has 0 saturated heterocycles. The Kier molecular flexibility index (Phi) is 6.58. The Bertz CT molecular complexity index is 1380. The number of carbonyl (C=O) groups excluding carboxylic acids is 1. The molecule has 2 amide bonds. The number of anilines is 1. The average molecular weight is 472 g/mol. The van der Waals surface area contributed by atoms with Crippen LogP contribution in [0.2, 0.25) is 0 Å². The zero-order valence-corrected chi connectivity index (χ0v) is 18.6. The van der Waals surface area contributed by atoms with Crippen molar-refractivity contribution in [1.29, 1.82) is 0 Å². The van der Waals surface area contributed by atoms with E-state index in [0.717, 1.165) is 29.0 Å². The summed E-state index contributed by atoms with van der Waals surface area (Å²) < 4.78 is 42.0. The van der Waals surface area contributed by atoms with E-state index in [1.165, 1.54) is 29.2 Å². The lowest BCUT2D eigenvalue weighted by Gasteiger charge is -2.25. The molecular formula is C24H25F3N5O2+. The zero-order chi connectivity index (χ0) is 24.3. The van der Waals surface area contributed by atoms with Gasteiger partial charge in [0.05, 0.1) is 33.7 Å². The number of urea groups is 1. The van der Waals surface area contributed by atoms with Gasteiger partial charge >= 0.3 is 12.2 Å². The molecule has 0 aliphatic carbocycles. The highest BCUT2D eigenvalue weighted by molar-refractivity contribution is 6.00. The molecule has 7 nitrogen and oxygen atoms in total. The number of carbonyl (C=O) groups is 1. The molecular weight excluding hydrogens is 447 g/mol. The van der Waals surface area contributed by atoms with Crippen LogP contribution < -0.4 is 15.7 Å². The third-order valence-corrected chi connectivity index (χ3v) is 5.73. The lowest BCUT2D eigenvalue weighted by molar-refractivity contribution is -0.345. The molecule has 0 atom stereocenters. The Morgan fingerprint density at radius 3 is 2.71 bits per heavy atom. The third kappa shape index (κ3) is 4.75. The monoisotopic (exact) mass is 472 g/mol. The first-order chi connectivity index (χ1) is 16.3. The van der Waals surface area contributed by atoms with Crippen LogP contribution in [0.25, 0.3) is 21.9 Å².